The number of allylic oxidation sites excluding steroid dienone is 3. The third kappa shape index (κ3) is 8.11. The molecule has 0 saturated carbocycles. The van der Waals surface area contributed by atoms with E-state index < -0.39 is 0 Å². The fourth-order valence-corrected chi connectivity index (χ4v) is 4.27. The van der Waals surface area contributed by atoms with E-state index in [-0.39, 0.29) is 11.6 Å². The lowest BCUT2D eigenvalue weighted by molar-refractivity contribution is 0.182. The molecule has 0 radical (unpaired) electrons. The van der Waals surface area contributed by atoms with Crippen LogP contribution in [0.15, 0.2) is 54.3 Å². The summed E-state index contributed by atoms with van der Waals surface area (Å²) in [6.45, 7) is 19.5. The fraction of sp³-hybridized carbons (Fsp3) is 0.552. The Morgan fingerprint density at radius 1 is 1.23 bits per heavy atom. The van der Waals surface area contributed by atoms with Gasteiger partial charge in [0, 0.05) is 11.3 Å². The Morgan fingerprint density at radius 2 is 1.97 bits per heavy atom. The first-order valence-electron chi connectivity index (χ1n) is 11.9. The molecule has 2 atom stereocenters. The Bertz CT molecular complexity index is 836. The normalized spacial score (nSPS) is 17.2. The van der Waals surface area contributed by atoms with E-state index in [0.717, 1.165) is 24.5 Å². The van der Waals surface area contributed by atoms with Crippen molar-refractivity contribution in [1.82, 2.24) is 0 Å². The maximum Gasteiger partial charge on any atom is 0.127 e. The van der Waals surface area contributed by atoms with Gasteiger partial charge in [-0.05, 0) is 95.1 Å². The summed E-state index contributed by atoms with van der Waals surface area (Å²) in [5.41, 5.74) is 8.10. The first kappa shape index (κ1) is 25.1. The summed E-state index contributed by atoms with van der Waals surface area (Å²) in [5, 5.41) is 3.59. The molecule has 0 bridgehead atoms. The van der Waals surface area contributed by atoms with E-state index in [9.17, 15) is 0 Å². The quantitative estimate of drug-likeness (QED) is 0.285. The van der Waals surface area contributed by atoms with Gasteiger partial charge in [-0.25, -0.2) is 0 Å². The summed E-state index contributed by atoms with van der Waals surface area (Å²) in [4.78, 5) is 0. The Kier molecular flexibility index (Phi) is 9.26. The number of hydrogen-bond donors (Lipinski definition) is 1. The topological polar surface area (TPSA) is 21.3 Å². The van der Waals surface area contributed by atoms with Crippen LogP contribution in [0.25, 0.3) is 5.57 Å². The molecule has 0 aromatic heterocycles. The molecule has 2 nitrogen and oxygen atoms in total. The van der Waals surface area contributed by atoms with Gasteiger partial charge in [0.2, 0.25) is 0 Å². The monoisotopic (exact) mass is 421 g/mol. The van der Waals surface area contributed by atoms with Gasteiger partial charge < -0.3 is 10.1 Å². The van der Waals surface area contributed by atoms with Gasteiger partial charge >= 0.3 is 0 Å². The first-order chi connectivity index (χ1) is 14.6. The molecule has 0 fully saturated rings. The molecule has 1 N–H and O–H groups in total. The number of benzene rings is 1. The molecule has 0 spiro atoms. The van der Waals surface area contributed by atoms with E-state index in [0.29, 0.717) is 5.92 Å². The Balaban J connectivity index is 1.98. The lowest BCUT2D eigenvalue weighted by Gasteiger charge is -2.32. The van der Waals surface area contributed by atoms with Gasteiger partial charge in [-0.15, -0.1) is 5.73 Å². The second kappa shape index (κ2) is 11.4. The molecule has 31 heavy (non-hydrogen) atoms. The summed E-state index contributed by atoms with van der Waals surface area (Å²) < 4.78 is 6.40. The zero-order valence-electron chi connectivity index (χ0n) is 20.8. The molecule has 170 valence electrons. The summed E-state index contributed by atoms with van der Waals surface area (Å²) in [5.74, 6) is 2.08. The molecule has 1 aliphatic heterocycles. The molecule has 0 saturated heterocycles. The molecule has 2 heteroatoms. The van der Waals surface area contributed by atoms with Crippen LogP contribution < -0.4 is 10.1 Å². The largest absolute Gasteiger partial charge is 0.485 e. The molecular formula is C29H43NO. The van der Waals surface area contributed by atoms with Crippen molar-refractivity contribution < 1.29 is 4.74 Å². The summed E-state index contributed by atoms with van der Waals surface area (Å²) in [7, 11) is 0. The van der Waals surface area contributed by atoms with E-state index in [1.165, 1.54) is 41.7 Å². The maximum absolute atomic E-state index is 6.40. The van der Waals surface area contributed by atoms with Crippen LogP contribution in [0.5, 0.6) is 5.75 Å². The molecule has 0 aliphatic carbocycles. The average Bonchev–Trinajstić information content (AvgIpc) is 2.67. The van der Waals surface area contributed by atoms with Crippen molar-refractivity contribution in [1.29, 1.82) is 0 Å². The van der Waals surface area contributed by atoms with Crippen LogP contribution in [0, 0.1) is 11.8 Å². The second-order valence-corrected chi connectivity index (χ2v) is 10.2. The van der Waals surface area contributed by atoms with Crippen molar-refractivity contribution >= 4 is 11.3 Å². The molecule has 1 aromatic rings. The Labute approximate surface area is 191 Å². The smallest absolute Gasteiger partial charge is 0.127 e. The fourth-order valence-electron chi connectivity index (χ4n) is 4.27. The highest BCUT2D eigenvalue weighted by Crippen LogP contribution is 2.36. The van der Waals surface area contributed by atoms with E-state index in [2.05, 4.69) is 96.4 Å². The average molecular weight is 422 g/mol. The van der Waals surface area contributed by atoms with Gasteiger partial charge in [0.1, 0.15) is 11.9 Å². The van der Waals surface area contributed by atoms with Crippen LogP contribution in [0.3, 0.4) is 0 Å². The van der Waals surface area contributed by atoms with Crippen LogP contribution in [-0.2, 0) is 0 Å². The van der Waals surface area contributed by atoms with Crippen LogP contribution in [0.1, 0.15) is 86.1 Å². The number of nitrogens with one attached hydrogen (secondary N) is 1. The standard InChI is InChI=1S/C29H43NO/c1-9-12-28(23(5)16-11-15-22(4)14-10-13-21(2)3)31-25-17-18-27-26(19-25)24(6)20-29(7,8)30-27/h12,15,17-21,23,28,30H,1,10-11,13-14,16H2,2-8H3/b22-15+. The van der Waals surface area contributed by atoms with Gasteiger partial charge in [-0.3, -0.25) is 0 Å². The van der Waals surface area contributed by atoms with Gasteiger partial charge in [0.25, 0.3) is 0 Å². The minimum absolute atomic E-state index is 0.0253. The van der Waals surface area contributed by atoms with Gasteiger partial charge in [0.15, 0.2) is 0 Å². The maximum atomic E-state index is 6.40. The van der Waals surface area contributed by atoms with E-state index in [4.69, 9.17) is 4.74 Å². The molecular weight excluding hydrogens is 378 g/mol. The Morgan fingerprint density at radius 3 is 2.65 bits per heavy atom. The summed E-state index contributed by atoms with van der Waals surface area (Å²) in [6.07, 6.45) is 12.6. The van der Waals surface area contributed by atoms with Crippen molar-refractivity contribution in [2.75, 3.05) is 5.32 Å². The van der Waals surface area contributed by atoms with Crippen LogP contribution >= 0.6 is 0 Å². The summed E-state index contributed by atoms with van der Waals surface area (Å²) in [6, 6.07) is 6.35. The first-order valence-corrected chi connectivity index (χ1v) is 11.9. The van der Waals surface area contributed by atoms with E-state index in [1.807, 2.05) is 6.08 Å². The Hall–Kier alpha value is -2.18. The van der Waals surface area contributed by atoms with Crippen molar-refractivity contribution in [3.8, 4) is 5.75 Å². The van der Waals surface area contributed by atoms with Crippen LogP contribution in [-0.4, -0.2) is 11.6 Å². The predicted octanol–water partition coefficient (Wildman–Crippen LogP) is 8.57. The highest BCUT2D eigenvalue weighted by atomic mass is 16.5. The predicted molar refractivity (Wildman–Crippen MR) is 137 cm³/mol. The van der Waals surface area contributed by atoms with Crippen LogP contribution in [0.2, 0.25) is 0 Å². The lowest BCUT2D eigenvalue weighted by Crippen LogP contribution is -2.31. The minimum atomic E-state index is -0.0255. The van der Waals surface area contributed by atoms with Gasteiger partial charge in [0.05, 0.1) is 5.54 Å². The van der Waals surface area contributed by atoms with E-state index >= 15 is 0 Å². The number of anilines is 1. The second-order valence-electron chi connectivity index (χ2n) is 10.2. The molecule has 2 rings (SSSR count). The minimum Gasteiger partial charge on any atom is -0.485 e. The third-order valence-electron chi connectivity index (χ3n) is 6.03. The zero-order chi connectivity index (χ0) is 23.0. The number of ether oxygens (including phenoxy) is 1. The molecule has 1 aromatic carbocycles. The van der Waals surface area contributed by atoms with Crippen molar-refractivity contribution in [3.63, 3.8) is 0 Å². The number of rotatable bonds is 11. The zero-order valence-corrected chi connectivity index (χ0v) is 20.8. The molecule has 1 heterocycles. The number of hydrogen-bond acceptors (Lipinski definition) is 2. The molecule has 0 amide bonds. The van der Waals surface area contributed by atoms with Crippen molar-refractivity contribution in [2.24, 2.45) is 11.8 Å². The van der Waals surface area contributed by atoms with Gasteiger partial charge in [-0.2, -0.15) is 0 Å². The third-order valence-corrected chi connectivity index (χ3v) is 6.03. The SMILES string of the molecule is C=C=CC(Oc1ccc2c(c1)C(C)=CC(C)(C)N2)C(C)CC/C=C(\C)CCCC(C)C. The van der Waals surface area contributed by atoms with Crippen molar-refractivity contribution in [2.45, 2.75) is 92.2 Å². The summed E-state index contributed by atoms with van der Waals surface area (Å²) >= 11 is 0. The van der Waals surface area contributed by atoms with E-state index in [1.54, 1.807) is 0 Å². The van der Waals surface area contributed by atoms with Gasteiger partial charge in [-0.1, -0.05) is 51.5 Å². The van der Waals surface area contributed by atoms with Crippen LogP contribution in [0.4, 0.5) is 5.69 Å². The lowest BCUT2D eigenvalue weighted by atomic mass is 9.91. The molecule has 2 unspecified atom stereocenters. The van der Waals surface area contributed by atoms with Crippen molar-refractivity contribution in [3.05, 3.63) is 59.9 Å². The molecule has 1 aliphatic rings. The number of fused-ring (bicyclic) bond motifs is 1. The highest BCUT2D eigenvalue weighted by Gasteiger charge is 2.23. The highest BCUT2D eigenvalue weighted by molar-refractivity contribution is 5.80.